The molecular weight excluding hydrogens is 590 g/mol. The Balaban J connectivity index is 1.35. The van der Waals surface area contributed by atoms with Crippen molar-refractivity contribution in [2.24, 2.45) is 0 Å². The summed E-state index contributed by atoms with van der Waals surface area (Å²) in [5.41, 5.74) is 6.32. The van der Waals surface area contributed by atoms with Crippen LogP contribution in [-0.2, 0) is 27.4 Å². The van der Waals surface area contributed by atoms with E-state index in [-0.39, 0.29) is 24.7 Å². The minimum Gasteiger partial charge on any atom is -0.493 e. The first-order valence-corrected chi connectivity index (χ1v) is 15.9. The summed E-state index contributed by atoms with van der Waals surface area (Å²) in [4.78, 5) is 28.2. The van der Waals surface area contributed by atoms with E-state index in [1.54, 1.807) is 14.2 Å². The molecule has 2 atom stereocenters. The lowest BCUT2D eigenvalue weighted by Crippen LogP contribution is -2.36. The number of hydrogen-bond acceptors (Lipinski definition) is 7. The van der Waals surface area contributed by atoms with Crippen molar-refractivity contribution >= 4 is 11.8 Å². The Kier molecular flexibility index (Phi) is 9.72. The number of dihydropyridines is 1. The topological polar surface area (TPSA) is 83.1 Å². The van der Waals surface area contributed by atoms with Gasteiger partial charge in [0.25, 0.3) is 0 Å². The van der Waals surface area contributed by atoms with E-state index in [0.717, 1.165) is 28.0 Å². The maximum Gasteiger partial charge on any atom is 0.336 e. The van der Waals surface area contributed by atoms with Crippen molar-refractivity contribution in [3.8, 4) is 17.2 Å². The standard InChI is InChI=1S/C40H39NO6/c1-26-37(40(43)46-21-20-27-12-6-4-7-13-27)38(31-16-10-11-17-34(31)47-25-28-14-8-5-9-15-28)39-32(41-26)22-30(23-33(39)42)29-18-19-35(44-2)36(24-29)45-3/h4-19,24,30,38,41H,20-23,25H2,1-3H3/t30-,38-/m0/s1. The van der Waals surface area contributed by atoms with Crippen LogP contribution in [0.3, 0.4) is 0 Å². The predicted octanol–water partition coefficient (Wildman–Crippen LogP) is 7.43. The van der Waals surface area contributed by atoms with Gasteiger partial charge >= 0.3 is 5.97 Å². The second kappa shape index (κ2) is 14.4. The third kappa shape index (κ3) is 6.94. The molecule has 6 rings (SSSR count). The number of benzene rings is 4. The molecule has 2 aliphatic rings. The van der Waals surface area contributed by atoms with Gasteiger partial charge in [0.05, 0.1) is 32.3 Å². The molecule has 1 aliphatic carbocycles. The number of esters is 1. The van der Waals surface area contributed by atoms with E-state index in [4.69, 9.17) is 18.9 Å². The van der Waals surface area contributed by atoms with Gasteiger partial charge in [0.15, 0.2) is 17.3 Å². The SMILES string of the molecule is COc1ccc([C@@H]2CC(=O)C3=C(C2)NC(C)=C(C(=O)OCCc2ccccc2)[C@@H]3c2ccccc2OCc2ccccc2)cc1OC. The summed E-state index contributed by atoms with van der Waals surface area (Å²) in [7, 11) is 3.21. The van der Waals surface area contributed by atoms with Crippen molar-refractivity contribution < 1.29 is 28.5 Å². The summed E-state index contributed by atoms with van der Waals surface area (Å²) in [6, 6.07) is 33.3. The molecule has 0 saturated carbocycles. The van der Waals surface area contributed by atoms with Crippen LogP contribution in [0.2, 0.25) is 0 Å². The highest BCUT2D eigenvalue weighted by molar-refractivity contribution is 6.04. The molecular formula is C40H39NO6. The fourth-order valence-electron chi connectivity index (χ4n) is 6.53. The normalized spacial score (nSPS) is 17.5. The lowest BCUT2D eigenvalue weighted by molar-refractivity contribution is -0.139. The van der Waals surface area contributed by atoms with Gasteiger partial charge in [-0.25, -0.2) is 4.79 Å². The Labute approximate surface area is 275 Å². The van der Waals surface area contributed by atoms with Gasteiger partial charge in [0.1, 0.15) is 12.4 Å². The van der Waals surface area contributed by atoms with E-state index in [1.165, 1.54) is 0 Å². The average molecular weight is 630 g/mol. The van der Waals surface area contributed by atoms with Crippen LogP contribution >= 0.6 is 0 Å². The number of ether oxygens (including phenoxy) is 4. The van der Waals surface area contributed by atoms with Crippen molar-refractivity contribution in [3.05, 3.63) is 148 Å². The zero-order valence-corrected chi connectivity index (χ0v) is 27.0. The number of para-hydroxylation sites is 1. The molecule has 47 heavy (non-hydrogen) atoms. The van der Waals surface area contributed by atoms with Crippen LogP contribution in [0.4, 0.5) is 0 Å². The Morgan fingerprint density at radius 1 is 0.787 bits per heavy atom. The monoisotopic (exact) mass is 629 g/mol. The Morgan fingerprint density at radius 3 is 2.19 bits per heavy atom. The van der Waals surface area contributed by atoms with Crippen LogP contribution in [0, 0.1) is 0 Å². The largest absolute Gasteiger partial charge is 0.493 e. The van der Waals surface area contributed by atoms with Crippen molar-refractivity contribution in [1.29, 1.82) is 0 Å². The van der Waals surface area contributed by atoms with Crippen molar-refractivity contribution in [1.82, 2.24) is 5.32 Å². The fraction of sp³-hybridized carbons (Fsp3) is 0.250. The van der Waals surface area contributed by atoms with Gasteiger partial charge in [-0.1, -0.05) is 84.9 Å². The van der Waals surface area contributed by atoms with Crippen LogP contribution in [0.5, 0.6) is 17.2 Å². The van der Waals surface area contributed by atoms with Crippen LogP contribution in [0.25, 0.3) is 0 Å². The molecule has 0 fully saturated rings. The smallest absolute Gasteiger partial charge is 0.336 e. The van der Waals surface area contributed by atoms with Gasteiger partial charge < -0.3 is 24.3 Å². The second-order valence-electron chi connectivity index (χ2n) is 11.8. The minimum atomic E-state index is -0.652. The van der Waals surface area contributed by atoms with E-state index in [1.807, 2.05) is 110 Å². The quantitative estimate of drug-likeness (QED) is 0.173. The number of methoxy groups -OCH3 is 2. The zero-order chi connectivity index (χ0) is 32.8. The van der Waals surface area contributed by atoms with Gasteiger partial charge in [0, 0.05) is 35.4 Å². The summed E-state index contributed by atoms with van der Waals surface area (Å²) >= 11 is 0. The summed E-state index contributed by atoms with van der Waals surface area (Å²) in [5.74, 6) is 0.668. The number of ketones is 1. The first kappa shape index (κ1) is 31.7. The number of carbonyl (C=O) groups is 2. The summed E-state index contributed by atoms with van der Waals surface area (Å²) < 4.78 is 23.3. The van der Waals surface area contributed by atoms with E-state index in [2.05, 4.69) is 5.32 Å². The number of hydrogen-bond donors (Lipinski definition) is 1. The van der Waals surface area contributed by atoms with Crippen LogP contribution < -0.4 is 19.5 Å². The highest BCUT2D eigenvalue weighted by Crippen LogP contribution is 2.48. The van der Waals surface area contributed by atoms with Crippen molar-refractivity contribution in [2.75, 3.05) is 20.8 Å². The molecule has 4 aromatic rings. The number of rotatable bonds is 11. The summed E-state index contributed by atoms with van der Waals surface area (Å²) in [5, 5.41) is 3.46. The molecule has 7 heteroatoms. The van der Waals surface area contributed by atoms with E-state index >= 15 is 0 Å². The molecule has 1 heterocycles. The second-order valence-corrected chi connectivity index (χ2v) is 11.8. The van der Waals surface area contributed by atoms with Crippen LogP contribution in [-0.4, -0.2) is 32.6 Å². The Hall–Kier alpha value is -5.30. The van der Waals surface area contributed by atoms with Gasteiger partial charge in [-0.3, -0.25) is 4.79 Å². The summed E-state index contributed by atoms with van der Waals surface area (Å²) in [6.45, 7) is 2.45. The molecule has 1 N–H and O–H groups in total. The number of carbonyl (C=O) groups excluding carboxylic acids is 2. The maximum atomic E-state index is 14.3. The Morgan fingerprint density at radius 2 is 1.47 bits per heavy atom. The van der Waals surface area contributed by atoms with Gasteiger partial charge in [-0.15, -0.1) is 0 Å². The molecule has 0 aromatic heterocycles. The van der Waals surface area contributed by atoms with Gasteiger partial charge in [-0.2, -0.15) is 0 Å². The lowest BCUT2D eigenvalue weighted by Gasteiger charge is -2.37. The highest BCUT2D eigenvalue weighted by Gasteiger charge is 2.42. The molecule has 0 amide bonds. The highest BCUT2D eigenvalue weighted by atomic mass is 16.5. The van der Waals surface area contributed by atoms with E-state index in [9.17, 15) is 9.59 Å². The molecule has 0 unspecified atom stereocenters. The Bertz CT molecular complexity index is 1810. The third-order valence-electron chi connectivity index (χ3n) is 8.86. The molecule has 0 saturated heterocycles. The molecule has 0 bridgehead atoms. The van der Waals surface area contributed by atoms with Crippen molar-refractivity contribution in [3.63, 3.8) is 0 Å². The molecule has 4 aromatic carbocycles. The number of Topliss-reactive ketones (excluding diaryl/α,β-unsaturated/α-hetero) is 1. The third-order valence-corrected chi connectivity index (χ3v) is 8.86. The zero-order valence-electron chi connectivity index (χ0n) is 27.0. The van der Waals surface area contributed by atoms with Gasteiger partial charge in [0.2, 0.25) is 0 Å². The van der Waals surface area contributed by atoms with Crippen molar-refractivity contribution in [2.45, 2.75) is 44.6 Å². The van der Waals surface area contributed by atoms with E-state index in [0.29, 0.717) is 53.5 Å². The molecule has 240 valence electrons. The fourth-order valence-corrected chi connectivity index (χ4v) is 6.53. The van der Waals surface area contributed by atoms with Crippen LogP contribution in [0.1, 0.15) is 53.9 Å². The number of allylic oxidation sites excluding steroid dienone is 3. The van der Waals surface area contributed by atoms with Crippen LogP contribution in [0.15, 0.2) is 126 Å². The molecule has 7 nitrogen and oxygen atoms in total. The molecule has 1 aliphatic heterocycles. The first-order chi connectivity index (χ1) is 23.0. The number of nitrogens with one attached hydrogen (secondary N) is 1. The van der Waals surface area contributed by atoms with Gasteiger partial charge in [-0.05, 0) is 54.2 Å². The predicted molar refractivity (Wildman–Crippen MR) is 180 cm³/mol. The molecule has 0 spiro atoms. The maximum absolute atomic E-state index is 14.3. The lowest BCUT2D eigenvalue weighted by atomic mass is 9.71. The minimum absolute atomic E-state index is 0.0246. The molecule has 0 radical (unpaired) electrons. The first-order valence-electron chi connectivity index (χ1n) is 15.9. The average Bonchev–Trinajstić information content (AvgIpc) is 3.10. The van der Waals surface area contributed by atoms with E-state index < -0.39 is 11.9 Å². The summed E-state index contributed by atoms with van der Waals surface area (Å²) in [6.07, 6.45) is 1.47.